The van der Waals surface area contributed by atoms with Gasteiger partial charge in [0.2, 0.25) is 17.7 Å². The van der Waals surface area contributed by atoms with Crippen LogP contribution in [0.3, 0.4) is 0 Å². The molecule has 32 heavy (non-hydrogen) atoms. The summed E-state index contributed by atoms with van der Waals surface area (Å²) < 4.78 is 43.8. The van der Waals surface area contributed by atoms with Gasteiger partial charge in [0, 0.05) is 29.6 Å². The topological polar surface area (TPSA) is 94.1 Å². The highest BCUT2D eigenvalue weighted by Crippen LogP contribution is 2.50. The van der Waals surface area contributed by atoms with E-state index in [1.807, 2.05) is 0 Å². The van der Waals surface area contributed by atoms with Crippen LogP contribution in [-0.2, 0) is 11.0 Å². The van der Waals surface area contributed by atoms with Crippen molar-refractivity contribution in [1.29, 1.82) is 0 Å². The van der Waals surface area contributed by atoms with E-state index in [9.17, 15) is 22.8 Å². The Morgan fingerprint density at radius 1 is 1.25 bits per heavy atom. The number of anilines is 1. The maximum Gasteiger partial charge on any atom is 0.417 e. The minimum atomic E-state index is -4.55. The Bertz CT molecular complexity index is 1070. The van der Waals surface area contributed by atoms with Gasteiger partial charge in [-0.15, -0.1) is 0 Å². The van der Waals surface area contributed by atoms with Gasteiger partial charge < -0.3 is 4.74 Å². The van der Waals surface area contributed by atoms with Gasteiger partial charge in [-0.2, -0.15) is 13.2 Å². The summed E-state index contributed by atoms with van der Waals surface area (Å²) in [7, 11) is 0. The number of nitrogens with zero attached hydrogens (tertiary/aromatic N) is 3. The first-order valence-electron chi connectivity index (χ1n) is 10.1. The molecular weight excluding hydrogens is 449 g/mol. The molecule has 2 aliphatic rings. The fourth-order valence-corrected chi connectivity index (χ4v) is 3.43. The van der Waals surface area contributed by atoms with Crippen molar-refractivity contribution in [3.05, 3.63) is 40.3 Å². The number of halogens is 4. The van der Waals surface area contributed by atoms with Crippen molar-refractivity contribution in [3.8, 4) is 5.88 Å². The number of pyridine rings is 1. The maximum atomic E-state index is 12.8. The van der Waals surface area contributed by atoms with Gasteiger partial charge >= 0.3 is 6.18 Å². The summed E-state index contributed by atoms with van der Waals surface area (Å²) in [5.74, 6) is -0.406. The molecule has 0 saturated heterocycles. The SMILES string of the molecule is Cc1cc(C(=O)CC2(COc3ncc(C(F)(F)F)cc3Cl)CC2)nc(NC(=O)C2CC2)n1. The summed E-state index contributed by atoms with van der Waals surface area (Å²) in [6.45, 7) is 1.80. The Hall–Kier alpha value is -2.75. The third kappa shape index (κ3) is 5.35. The fourth-order valence-electron chi connectivity index (χ4n) is 3.21. The van der Waals surface area contributed by atoms with Crippen LogP contribution in [0.2, 0.25) is 5.02 Å². The number of carbonyl (C=O) groups is 2. The standard InChI is InChI=1S/C21H20ClF3N4O3/c1-11-6-15(28-19(27-11)29-17(31)12-2-3-12)16(30)8-20(4-5-20)10-32-18-14(22)7-13(9-26-18)21(23,24)25/h6-7,9,12H,2-5,8,10H2,1H3,(H,27,28,29,31). The molecule has 2 saturated carbocycles. The smallest absolute Gasteiger partial charge is 0.417 e. The van der Waals surface area contributed by atoms with E-state index in [0.29, 0.717) is 24.7 Å². The predicted octanol–water partition coefficient (Wildman–Crippen LogP) is 4.63. The van der Waals surface area contributed by atoms with Gasteiger partial charge in [0.05, 0.1) is 12.2 Å². The molecule has 0 aromatic carbocycles. The maximum absolute atomic E-state index is 12.8. The van der Waals surface area contributed by atoms with E-state index in [1.165, 1.54) is 0 Å². The quantitative estimate of drug-likeness (QED) is 0.567. The molecule has 7 nitrogen and oxygen atoms in total. The lowest BCUT2D eigenvalue weighted by molar-refractivity contribution is -0.137. The van der Waals surface area contributed by atoms with Crippen LogP contribution in [0.1, 0.15) is 53.8 Å². The lowest BCUT2D eigenvalue weighted by Crippen LogP contribution is -2.21. The van der Waals surface area contributed by atoms with Crippen LogP contribution < -0.4 is 10.1 Å². The number of rotatable bonds is 8. The van der Waals surface area contributed by atoms with Crippen molar-refractivity contribution in [1.82, 2.24) is 15.0 Å². The third-order valence-corrected chi connectivity index (χ3v) is 5.74. The first kappa shape index (κ1) is 22.4. The molecule has 2 heterocycles. The summed E-state index contributed by atoms with van der Waals surface area (Å²) in [5, 5.41) is 2.40. The highest BCUT2D eigenvalue weighted by atomic mass is 35.5. The average Bonchev–Trinajstić information content (AvgIpc) is 3.61. The Kier molecular flexibility index (Phi) is 5.83. The molecule has 1 N–H and O–H groups in total. The van der Waals surface area contributed by atoms with Crippen LogP contribution in [0, 0.1) is 18.3 Å². The average molecular weight is 469 g/mol. The molecule has 4 rings (SSSR count). The van der Waals surface area contributed by atoms with Crippen molar-refractivity contribution in [3.63, 3.8) is 0 Å². The summed E-state index contributed by atoms with van der Waals surface area (Å²) in [5.41, 5.74) is -0.673. The number of ether oxygens (including phenoxy) is 1. The van der Waals surface area contributed by atoms with Gasteiger partial charge in [-0.25, -0.2) is 15.0 Å². The molecule has 0 bridgehead atoms. The Morgan fingerprint density at radius 2 is 1.97 bits per heavy atom. The molecule has 0 spiro atoms. The molecule has 0 atom stereocenters. The van der Waals surface area contributed by atoms with Crippen molar-refractivity contribution in [2.75, 3.05) is 11.9 Å². The van der Waals surface area contributed by atoms with Crippen LogP contribution in [0.4, 0.5) is 19.1 Å². The number of aromatic nitrogens is 3. The van der Waals surface area contributed by atoms with E-state index >= 15 is 0 Å². The lowest BCUT2D eigenvalue weighted by Gasteiger charge is -2.16. The van der Waals surface area contributed by atoms with E-state index in [-0.39, 0.29) is 53.2 Å². The van der Waals surface area contributed by atoms with Gasteiger partial charge in [-0.3, -0.25) is 14.9 Å². The molecule has 0 unspecified atom stereocenters. The third-order valence-electron chi connectivity index (χ3n) is 5.47. The lowest BCUT2D eigenvalue weighted by atomic mass is 9.98. The van der Waals surface area contributed by atoms with Crippen molar-refractivity contribution < 1.29 is 27.5 Å². The zero-order chi connectivity index (χ0) is 23.1. The number of nitrogens with one attached hydrogen (secondary N) is 1. The monoisotopic (exact) mass is 468 g/mol. The van der Waals surface area contributed by atoms with E-state index in [1.54, 1.807) is 13.0 Å². The molecular formula is C21H20ClF3N4O3. The molecule has 0 aliphatic heterocycles. The van der Waals surface area contributed by atoms with Crippen LogP contribution in [0.25, 0.3) is 0 Å². The van der Waals surface area contributed by atoms with Gasteiger partial charge in [0.25, 0.3) is 0 Å². The van der Waals surface area contributed by atoms with Crippen molar-refractivity contribution in [2.45, 2.75) is 45.2 Å². The first-order chi connectivity index (χ1) is 15.0. The minimum absolute atomic E-state index is 0.0178. The van der Waals surface area contributed by atoms with Gasteiger partial charge in [-0.1, -0.05) is 11.6 Å². The highest BCUT2D eigenvalue weighted by Gasteiger charge is 2.46. The summed E-state index contributed by atoms with van der Waals surface area (Å²) >= 11 is 5.88. The zero-order valence-electron chi connectivity index (χ0n) is 17.1. The Morgan fingerprint density at radius 3 is 2.56 bits per heavy atom. The molecule has 11 heteroatoms. The Labute approximate surface area is 186 Å². The largest absolute Gasteiger partial charge is 0.476 e. The fraction of sp³-hybridized carbons (Fsp3) is 0.476. The molecule has 170 valence electrons. The van der Waals surface area contributed by atoms with Crippen LogP contribution >= 0.6 is 11.6 Å². The van der Waals surface area contributed by atoms with Crippen LogP contribution in [-0.4, -0.2) is 33.2 Å². The number of carbonyl (C=O) groups excluding carboxylic acids is 2. The molecule has 2 fully saturated rings. The number of hydrogen-bond donors (Lipinski definition) is 1. The second-order valence-electron chi connectivity index (χ2n) is 8.38. The number of amides is 1. The zero-order valence-corrected chi connectivity index (χ0v) is 17.9. The van der Waals surface area contributed by atoms with E-state index in [0.717, 1.165) is 18.9 Å². The van der Waals surface area contributed by atoms with Crippen LogP contribution in [0.15, 0.2) is 18.3 Å². The summed E-state index contributed by atoms with van der Waals surface area (Å²) in [6.07, 6.45) is -0.650. The Balaban J connectivity index is 1.39. The van der Waals surface area contributed by atoms with Gasteiger partial charge in [0.15, 0.2) is 5.78 Å². The molecule has 0 radical (unpaired) electrons. The van der Waals surface area contributed by atoms with E-state index in [2.05, 4.69) is 20.3 Å². The summed E-state index contributed by atoms with van der Waals surface area (Å²) in [6, 6.07) is 2.32. The second-order valence-corrected chi connectivity index (χ2v) is 8.79. The number of ketones is 1. The highest BCUT2D eigenvalue weighted by molar-refractivity contribution is 6.31. The predicted molar refractivity (Wildman–Crippen MR) is 108 cm³/mol. The first-order valence-corrected chi connectivity index (χ1v) is 10.5. The van der Waals surface area contributed by atoms with Crippen molar-refractivity contribution in [2.24, 2.45) is 11.3 Å². The number of alkyl halides is 3. The van der Waals surface area contributed by atoms with Gasteiger partial charge in [-0.05, 0) is 44.7 Å². The molecule has 1 amide bonds. The second kappa shape index (κ2) is 8.31. The van der Waals surface area contributed by atoms with E-state index in [4.69, 9.17) is 16.3 Å². The van der Waals surface area contributed by atoms with Gasteiger partial charge in [0.1, 0.15) is 10.7 Å². The number of aryl methyl sites for hydroxylation is 1. The van der Waals surface area contributed by atoms with Crippen molar-refractivity contribution >= 4 is 29.2 Å². The number of hydrogen-bond acceptors (Lipinski definition) is 6. The van der Waals surface area contributed by atoms with E-state index < -0.39 is 17.2 Å². The normalized spacial score (nSPS) is 17.0. The molecule has 2 aliphatic carbocycles. The molecule has 2 aromatic rings. The molecule has 2 aromatic heterocycles. The number of Topliss-reactive ketones (excluding diaryl/α,β-unsaturated/α-hetero) is 1. The van der Waals surface area contributed by atoms with Crippen LogP contribution in [0.5, 0.6) is 5.88 Å². The summed E-state index contributed by atoms with van der Waals surface area (Å²) in [4.78, 5) is 36.8. The minimum Gasteiger partial charge on any atom is -0.476 e.